The molecule has 0 aliphatic heterocycles. The fourth-order valence-electron chi connectivity index (χ4n) is 3.17. The molecular weight excluding hydrogens is 510 g/mol. The SMILES string of the molecule is Cc1cccc(N(C(=S)[S-])C(C)C)c1C.Cc1cccc(N(C(=S)[S-])C(C)C)c1C.[Zn+2]. The molecule has 0 fully saturated rings. The van der Waals surface area contributed by atoms with Crippen molar-refractivity contribution in [2.45, 2.75) is 67.5 Å². The van der Waals surface area contributed by atoms with Gasteiger partial charge in [0.1, 0.15) is 0 Å². The summed E-state index contributed by atoms with van der Waals surface area (Å²) in [6.07, 6.45) is 0. The molecule has 0 aliphatic carbocycles. The van der Waals surface area contributed by atoms with Crippen molar-refractivity contribution in [1.29, 1.82) is 0 Å². The van der Waals surface area contributed by atoms with Crippen molar-refractivity contribution in [1.82, 2.24) is 0 Å². The molecule has 0 heterocycles. The summed E-state index contributed by atoms with van der Waals surface area (Å²) in [6.45, 7) is 16.8. The van der Waals surface area contributed by atoms with Crippen molar-refractivity contribution >= 4 is 69.7 Å². The molecule has 2 nitrogen and oxygen atoms in total. The molecule has 164 valence electrons. The Balaban J connectivity index is 0.000000562. The third kappa shape index (κ3) is 8.29. The van der Waals surface area contributed by atoms with Crippen LogP contribution in [0.4, 0.5) is 11.4 Å². The summed E-state index contributed by atoms with van der Waals surface area (Å²) in [5.41, 5.74) is 7.29. The van der Waals surface area contributed by atoms with E-state index in [0.717, 1.165) is 11.4 Å². The fraction of sp³-hybridized carbons (Fsp3) is 0.417. The predicted molar refractivity (Wildman–Crippen MR) is 147 cm³/mol. The first kappa shape index (κ1) is 30.3. The maximum atomic E-state index is 5.12. The second-order valence-corrected chi connectivity index (χ2v) is 9.96. The van der Waals surface area contributed by atoms with Gasteiger partial charge >= 0.3 is 19.5 Å². The zero-order valence-corrected chi connectivity index (χ0v) is 26.1. The average Bonchev–Trinajstić information content (AvgIpc) is 2.62. The van der Waals surface area contributed by atoms with E-state index in [9.17, 15) is 0 Å². The summed E-state index contributed by atoms with van der Waals surface area (Å²) in [5.74, 6) is 0. The second kappa shape index (κ2) is 13.7. The molecule has 0 aliphatic rings. The Labute approximate surface area is 223 Å². The Morgan fingerprint density at radius 1 is 0.677 bits per heavy atom. The van der Waals surface area contributed by atoms with Crippen molar-refractivity contribution in [2.75, 3.05) is 9.80 Å². The molecule has 0 amide bonds. The topological polar surface area (TPSA) is 6.48 Å². The number of hydrogen-bond acceptors (Lipinski definition) is 4. The molecule has 2 aromatic carbocycles. The Morgan fingerprint density at radius 3 is 1.19 bits per heavy atom. The minimum atomic E-state index is 0. The molecule has 0 unspecified atom stereocenters. The van der Waals surface area contributed by atoms with Crippen LogP contribution in [-0.2, 0) is 44.7 Å². The van der Waals surface area contributed by atoms with Crippen LogP contribution in [0.5, 0.6) is 0 Å². The molecule has 0 radical (unpaired) electrons. The van der Waals surface area contributed by atoms with Crippen LogP contribution < -0.4 is 9.80 Å². The fourth-order valence-corrected chi connectivity index (χ4v) is 4.40. The maximum absolute atomic E-state index is 5.12. The van der Waals surface area contributed by atoms with Gasteiger partial charge in [-0.15, -0.1) is 0 Å². The van der Waals surface area contributed by atoms with Gasteiger partial charge in [-0.2, -0.15) is 0 Å². The van der Waals surface area contributed by atoms with E-state index in [2.05, 4.69) is 79.7 Å². The first-order valence-electron chi connectivity index (χ1n) is 10.0. The van der Waals surface area contributed by atoms with Gasteiger partial charge in [-0.05, 0) is 89.8 Å². The smallest absolute Gasteiger partial charge is 0.411 e. The third-order valence-corrected chi connectivity index (χ3v) is 5.88. The van der Waals surface area contributed by atoms with E-state index in [1.165, 1.54) is 22.3 Å². The molecule has 7 heteroatoms. The van der Waals surface area contributed by atoms with Crippen LogP contribution in [0, 0.1) is 27.7 Å². The molecule has 0 bridgehead atoms. The van der Waals surface area contributed by atoms with E-state index < -0.39 is 0 Å². The van der Waals surface area contributed by atoms with Crippen LogP contribution in [0.2, 0.25) is 0 Å². The van der Waals surface area contributed by atoms with Crippen molar-refractivity contribution in [2.24, 2.45) is 0 Å². The summed E-state index contributed by atoms with van der Waals surface area (Å²) in [7, 11) is 0. The number of anilines is 2. The Hall–Kier alpha value is -0.717. The van der Waals surface area contributed by atoms with Crippen LogP contribution in [0.1, 0.15) is 49.9 Å². The quantitative estimate of drug-likeness (QED) is 0.240. The van der Waals surface area contributed by atoms with Crippen molar-refractivity contribution < 1.29 is 19.5 Å². The number of aryl methyl sites for hydroxylation is 2. The molecule has 0 spiro atoms. The van der Waals surface area contributed by atoms with Gasteiger partial charge in [0.05, 0.1) is 0 Å². The van der Waals surface area contributed by atoms with Crippen molar-refractivity contribution in [3.05, 3.63) is 58.7 Å². The molecule has 0 saturated carbocycles. The van der Waals surface area contributed by atoms with Crippen LogP contribution in [0.3, 0.4) is 0 Å². The van der Waals surface area contributed by atoms with Gasteiger partial charge in [-0.25, -0.2) is 0 Å². The minimum absolute atomic E-state index is 0. The normalized spacial score (nSPS) is 10.1. The first-order valence-corrected chi connectivity index (χ1v) is 11.7. The van der Waals surface area contributed by atoms with Gasteiger partial charge in [0.2, 0.25) is 0 Å². The number of thiocarbonyl (C=S) groups is 2. The standard InChI is InChI=1S/2C12H17NS2.Zn/c2*1-8(2)13(12(14)15)11-7-5-6-9(3)10(11)4;/h2*5-8H,1-4H3,(H,14,15);/q;;+2/p-2. The summed E-state index contributed by atoms with van der Waals surface area (Å²) in [4.78, 5) is 4.04. The number of benzene rings is 2. The number of nitrogens with zero attached hydrogens (tertiary/aromatic N) is 2. The molecule has 31 heavy (non-hydrogen) atoms. The van der Waals surface area contributed by atoms with Crippen LogP contribution in [0.25, 0.3) is 0 Å². The van der Waals surface area contributed by atoms with Gasteiger partial charge in [0.15, 0.2) is 0 Å². The van der Waals surface area contributed by atoms with Gasteiger partial charge in [-0.3, -0.25) is 0 Å². The summed E-state index contributed by atoms with van der Waals surface area (Å²) >= 11 is 20.5. The van der Waals surface area contributed by atoms with Gasteiger partial charge in [0, 0.05) is 23.5 Å². The molecule has 2 rings (SSSR count). The molecule has 0 saturated heterocycles. The van der Waals surface area contributed by atoms with Crippen molar-refractivity contribution in [3.63, 3.8) is 0 Å². The van der Waals surface area contributed by atoms with E-state index in [-0.39, 0.29) is 19.5 Å². The monoisotopic (exact) mass is 540 g/mol. The summed E-state index contributed by atoms with van der Waals surface area (Å²) in [6, 6.07) is 13.0. The minimum Gasteiger partial charge on any atom is -0.411 e. The largest absolute Gasteiger partial charge is 2.00 e. The third-order valence-electron chi connectivity index (χ3n) is 5.10. The summed E-state index contributed by atoms with van der Waals surface area (Å²) < 4.78 is 1.03. The average molecular weight is 542 g/mol. The zero-order chi connectivity index (χ0) is 23.2. The zero-order valence-electron chi connectivity index (χ0n) is 19.9. The van der Waals surface area contributed by atoms with Crippen LogP contribution in [-0.4, -0.2) is 20.7 Å². The molecular formula is C24H32N2S4Zn. The van der Waals surface area contributed by atoms with Gasteiger partial charge < -0.3 is 59.5 Å². The molecule has 0 N–H and O–H groups in total. The Bertz CT molecular complexity index is 824. The number of rotatable bonds is 4. The van der Waals surface area contributed by atoms with E-state index in [0.29, 0.717) is 20.7 Å². The second-order valence-electron chi connectivity index (χ2n) is 7.90. The Kier molecular flexibility index (Phi) is 13.4. The Morgan fingerprint density at radius 2 is 0.968 bits per heavy atom. The predicted octanol–water partition coefficient (Wildman–Crippen LogP) is 6.70. The first-order chi connectivity index (χ1) is 13.9. The number of hydrogen-bond donors (Lipinski definition) is 0. The molecule has 2 aromatic rings. The van der Waals surface area contributed by atoms with Gasteiger partial charge in [-0.1, -0.05) is 32.9 Å². The van der Waals surface area contributed by atoms with Gasteiger partial charge in [0.25, 0.3) is 0 Å². The van der Waals surface area contributed by atoms with E-state index >= 15 is 0 Å². The van der Waals surface area contributed by atoms with E-state index in [1.807, 2.05) is 21.9 Å². The van der Waals surface area contributed by atoms with Crippen molar-refractivity contribution in [3.8, 4) is 0 Å². The molecule has 0 aromatic heterocycles. The maximum Gasteiger partial charge on any atom is 2.00 e. The molecule has 0 atom stereocenters. The van der Waals surface area contributed by atoms with E-state index in [1.54, 1.807) is 0 Å². The summed E-state index contributed by atoms with van der Waals surface area (Å²) in [5, 5.41) is 0. The van der Waals surface area contributed by atoms with E-state index in [4.69, 9.17) is 49.7 Å². The van der Waals surface area contributed by atoms with Crippen LogP contribution >= 0.6 is 24.4 Å². The van der Waals surface area contributed by atoms with Crippen LogP contribution in [0.15, 0.2) is 36.4 Å².